The number of amides is 1. The Morgan fingerprint density at radius 1 is 1.67 bits per heavy atom. The van der Waals surface area contributed by atoms with Crippen LogP contribution in [-0.2, 0) is 4.79 Å². The summed E-state index contributed by atoms with van der Waals surface area (Å²) in [5.74, 6) is 1.23. The third-order valence-corrected chi connectivity index (χ3v) is 3.57. The van der Waals surface area contributed by atoms with Gasteiger partial charge in [0.1, 0.15) is 11.4 Å². The molecule has 1 aliphatic heterocycles. The fourth-order valence-electron chi connectivity index (χ4n) is 2.31. The molecule has 0 unspecified atom stereocenters. The van der Waals surface area contributed by atoms with E-state index in [-0.39, 0.29) is 12.5 Å². The molecule has 2 aliphatic rings. The third kappa shape index (κ3) is 2.08. The van der Waals surface area contributed by atoms with Gasteiger partial charge in [-0.15, -0.1) is 0 Å². The van der Waals surface area contributed by atoms with Crippen LogP contribution in [0.15, 0.2) is 10.6 Å². The minimum Gasteiger partial charge on any atom is -0.465 e. The van der Waals surface area contributed by atoms with Crippen LogP contribution in [0, 0.1) is 12.8 Å². The topological polar surface area (TPSA) is 75.8 Å². The van der Waals surface area contributed by atoms with Crippen LogP contribution in [0.4, 0.5) is 0 Å². The van der Waals surface area contributed by atoms with Crippen molar-refractivity contribution in [2.24, 2.45) is 5.92 Å². The molecule has 1 N–H and O–H groups in total. The van der Waals surface area contributed by atoms with Crippen molar-refractivity contribution in [3.05, 3.63) is 11.8 Å². The number of aryl methyl sites for hydroxylation is 1. The SMILES string of the molecule is Cc1cc(OCC(=O)N2CC(O)(C3CC3)C2)no1. The number of ether oxygens (including phenoxy) is 1. The lowest BCUT2D eigenvalue weighted by atomic mass is 9.89. The number of aliphatic hydroxyl groups is 1. The molecule has 1 aromatic heterocycles. The molecule has 0 spiro atoms. The maximum Gasteiger partial charge on any atom is 0.260 e. The Morgan fingerprint density at radius 3 is 2.94 bits per heavy atom. The predicted octanol–water partition coefficient (Wildman–Crippen LogP) is 0.345. The van der Waals surface area contributed by atoms with E-state index in [1.807, 2.05) is 0 Å². The summed E-state index contributed by atoms with van der Waals surface area (Å²) in [6.45, 7) is 2.55. The lowest BCUT2D eigenvalue weighted by Gasteiger charge is -2.46. The van der Waals surface area contributed by atoms with Gasteiger partial charge in [0.25, 0.3) is 11.8 Å². The molecule has 0 bridgehead atoms. The zero-order valence-corrected chi connectivity index (χ0v) is 10.3. The number of aromatic nitrogens is 1. The van der Waals surface area contributed by atoms with E-state index in [4.69, 9.17) is 9.26 Å². The molecule has 6 nitrogen and oxygen atoms in total. The molecular weight excluding hydrogens is 236 g/mol. The van der Waals surface area contributed by atoms with Crippen LogP contribution in [0.3, 0.4) is 0 Å². The van der Waals surface area contributed by atoms with Gasteiger partial charge in [0.05, 0.1) is 13.1 Å². The quantitative estimate of drug-likeness (QED) is 0.836. The molecule has 1 amide bonds. The highest BCUT2D eigenvalue weighted by Crippen LogP contribution is 2.44. The molecule has 0 atom stereocenters. The zero-order chi connectivity index (χ0) is 12.8. The zero-order valence-electron chi connectivity index (χ0n) is 10.3. The Kier molecular flexibility index (Phi) is 2.55. The Hall–Kier alpha value is -1.56. The fourth-order valence-corrected chi connectivity index (χ4v) is 2.31. The largest absolute Gasteiger partial charge is 0.465 e. The normalized spacial score (nSPS) is 21.6. The smallest absolute Gasteiger partial charge is 0.260 e. The molecule has 6 heteroatoms. The fraction of sp³-hybridized carbons (Fsp3) is 0.667. The van der Waals surface area contributed by atoms with E-state index in [1.54, 1.807) is 17.9 Å². The Morgan fingerprint density at radius 2 is 2.39 bits per heavy atom. The minimum atomic E-state index is -0.639. The second kappa shape index (κ2) is 3.98. The molecule has 1 aliphatic carbocycles. The molecule has 3 rings (SSSR count). The van der Waals surface area contributed by atoms with Gasteiger partial charge >= 0.3 is 0 Å². The Labute approximate surface area is 104 Å². The van der Waals surface area contributed by atoms with Crippen molar-refractivity contribution in [1.29, 1.82) is 0 Å². The molecule has 0 aromatic carbocycles. The maximum absolute atomic E-state index is 11.8. The number of rotatable bonds is 4. The first-order valence-corrected chi connectivity index (χ1v) is 6.13. The van der Waals surface area contributed by atoms with Crippen LogP contribution in [0.2, 0.25) is 0 Å². The number of carbonyl (C=O) groups excluding carboxylic acids is 1. The van der Waals surface area contributed by atoms with E-state index in [2.05, 4.69) is 5.16 Å². The van der Waals surface area contributed by atoms with Gasteiger partial charge in [0, 0.05) is 6.07 Å². The van der Waals surface area contributed by atoms with Gasteiger partial charge in [-0.2, -0.15) is 0 Å². The molecule has 18 heavy (non-hydrogen) atoms. The first-order valence-electron chi connectivity index (χ1n) is 6.13. The average molecular weight is 252 g/mol. The number of β-amino-alcohol motifs (C(OH)–C–C–N with tert-alkyl or cyclic N) is 1. The van der Waals surface area contributed by atoms with Crippen molar-refractivity contribution in [3.8, 4) is 5.88 Å². The lowest BCUT2D eigenvalue weighted by molar-refractivity contribution is -0.161. The van der Waals surface area contributed by atoms with E-state index in [9.17, 15) is 9.90 Å². The van der Waals surface area contributed by atoms with Crippen molar-refractivity contribution < 1.29 is 19.2 Å². The first kappa shape index (κ1) is 11.5. The van der Waals surface area contributed by atoms with Gasteiger partial charge in [-0.1, -0.05) is 0 Å². The molecule has 1 aromatic rings. The number of nitrogens with zero attached hydrogens (tertiary/aromatic N) is 2. The molecule has 1 saturated carbocycles. The molecule has 98 valence electrons. The van der Waals surface area contributed by atoms with Gasteiger partial charge in [0.15, 0.2) is 6.61 Å². The highest BCUT2D eigenvalue weighted by molar-refractivity contribution is 5.79. The molecular formula is C12H16N2O4. The van der Waals surface area contributed by atoms with Gasteiger partial charge in [-0.3, -0.25) is 4.79 Å². The van der Waals surface area contributed by atoms with Gasteiger partial charge in [0.2, 0.25) is 0 Å². The van der Waals surface area contributed by atoms with Gasteiger partial charge in [-0.05, 0) is 30.8 Å². The standard InChI is InChI=1S/C12H16N2O4/c1-8-4-10(13-18-8)17-5-11(15)14-6-12(16,7-14)9-2-3-9/h4,9,16H,2-3,5-7H2,1H3. The Balaban J connectivity index is 1.45. The summed E-state index contributed by atoms with van der Waals surface area (Å²) in [6, 6.07) is 1.63. The van der Waals surface area contributed by atoms with E-state index in [0.29, 0.717) is 30.6 Å². The van der Waals surface area contributed by atoms with Crippen LogP contribution in [0.25, 0.3) is 0 Å². The van der Waals surface area contributed by atoms with E-state index in [0.717, 1.165) is 12.8 Å². The monoisotopic (exact) mass is 252 g/mol. The summed E-state index contributed by atoms with van der Waals surface area (Å²) in [5, 5.41) is 13.7. The molecule has 1 saturated heterocycles. The summed E-state index contributed by atoms with van der Waals surface area (Å²) < 4.78 is 10.0. The van der Waals surface area contributed by atoms with Crippen molar-refractivity contribution in [2.45, 2.75) is 25.4 Å². The summed E-state index contributed by atoms with van der Waals surface area (Å²) in [5.41, 5.74) is -0.639. The van der Waals surface area contributed by atoms with Crippen molar-refractivity contribution in [2.75, 3.05) is 19.7 Å². The first-order chi connectivity index (χ1) is 8.57. The van der Waals surface area contributed by atoms with Crippen LogP contribution in [-0.4, -0.2) is 46.4 Å². The Bertz CT molecular complexity index is 460. The molecule has 2 heterocycles. The van der Waals surface area contributed by atoms with Crippen LogP contribution < -0.4 is 4.74 Å². The second-order valence-corrected chi connectivity index (χ2v) is 5.19. The van der Waals surface area contributed by atoms with Crippen molar-refractivity contribution in [1.82, 2.24) is 10.1 Å². The van der Waals surface area contributed by atoms with E-state index < -0.39 is 5.60 Å². The summed E-state index contributed by atoms with van der Waals surface area (Å²) in [6.07, 6.45) is 2.15. The van der Waals surface area contributed by atoms with Gasteiger partial charge < -0.3 is 19.3 Å². The van der Waals surface area contributed by atoms with Crippen molar-refractivity contribution in [3.63, 3.8) is 0 Å². The average Bonchev–Trinajstić information content (AvgIpc) is 3.06. The number of likely N-dealkylation sites (tertiary alicyclic amines) is 1. The second-order valence-electron chi connectivity index (χ2n) is 5.19. The highest BCUT2D eigenvalue weighted by Gasteiger charge is 2.53. The highest BCUT2D eigenvalue weighted by atomic mass is 16.5. The maximum atomic E-state index is 11.8. The number of carbonyl (C=O) groups is 1. The number of hydrogen-bond acceptors (Lipinski definition) is 5. The van der Waals surface area contributed by atoms with Crippen LogP contribution in [0.5, 0.6) is 5.88 Å². The van der Waals surface area contributed by atoms with E-state index >= 15 is 0 Å². The molecule has 0 radical (unpaired) electrons. The summed E-state index contributed by atoms with van der Waals surface area (Å²) in [7, 11) is 0. The summed E-state index contributed by atoms with van der Waals surface area (Å²) >= 11 is 0. The number of hydrogen-bond donors (Lipinski definition) is 1. The van der Waals surface area contributed by atoms with Crippen LogP contribution in [0.1, 0.15) is 18.6 Å². The lowest BCUT2D eigenvalue weighted by Crippen LogP contribution is -2.65. The minimum absolute atomic E-state index is 0.0628. The predicted molar refractivity (Wildman–Crippen MR) is 61.0 cm³/mol. The molecule has 2 fully saturated rings. The van der Waals surface area contributed by atoms with E-state index in [1.165, 1.54) is 0 Å². The summed E-state index contributed by atoms with van der Waals surface area (Å²) in [4.78, 5) is 13.4. The third-order valence-electron chi connectivity index (χ3n) is 3.57. The van der Waals surface area contributed by atoms with Gasteiger partial charge in [-0.25, -0.2) is 0 Å². The van der Waals surface area contributed by atoms with Crippen LogP contribution >= 0.6 is 0 Å². The van der Waals surface area contributed by atoms with Crippen molar-refractivity contribution >= 4 is 5.91 Å².